The zero-order valence-electron chi connectivity index (χ0n) is 11.7. The molecule has 1 unspecified atom stereocenters. The van der Waals surface area contributed by atoms with Gasteiger partial charge in [0, 0.05) is 5.56 Å². The third-order valence-electron chi connectivity index (χ3n) is 3.04. The highest BCUT2D eigenvalue weighted by Crippen LogP contribution is 2.28. The molecule has 2 aromatic carbocycles. The second kappa shape index (κ2) is 6.93. The van der Waals surface area contributed by atoms with Gasteiger partial charge in [0.25, 0.3) is 0 Å². The van der Waals surface area contributed by atoms with E-state index in [1.807, 2.05) is 37.3 Å². The van der Waals surface area contributed by atoms with Gasteiger partial charge in [0.15, 0.2) is 0 Å². The molecule has 106 valence electrons. The monoisotopic (exact) mass is 273 g/mol. The van der Waals surface area contributed by atoms with Crippen LogP contribution >= 0.6 is 0 Å². The van der Waals surface area contributed by atoms with Gasteiger partial charge in [-0.1, -0.05) is 30.3 Å². The Morgan fingerprint density at radius 2 is 1.90 bits per heavy atom. The summed E-state index contributed by atoms with van der Waals surface area (Å²) in [7, 11) is 1.60. The molecule has 0 aliphatic heterocycles. The molecule has 4 nitrogen and oxygen atoms in total. The van der Waals surface area contributed by atoms with Crippen molar-refractivity contribution in [3.05, 3.63) is 59.7 Å². The maximum absolute atomic E-state index is 9.87. The van der Waals surface area contributed by atoms with Crippen LogP contribution in [0.5, 0.6) is 11.5 Å². The molecule has 2 aromatic rings. The predicted octanol–water partition coefficient (Wildman–Crippen LogP) is 3.18. The zero-order chi connectivity index (χ0) is 14.4. The van der Waals surface area contributed by atoms with Gasteiger partial charge in [0.1, 0.15) is 11.5 Å². The van der Waals surface area contributed by atoms with Crippen molar-refractivity contribution in [1.82, 2.24) is 5.48 Å². The molecule has 0 heterocycles. The lowest BCUT2D eigenvalue weighted by Gasteiger charge is -2.16. The van der Waals surface area contributed by atoms with Gasteiger partial charge in [-0.15, -0.1) is 0 Å². The fourth-order valence-corrected chi connectivity index (χ4v) is 1.89. The summed E-state index contributed by atoms with van der Waals surface area (Å²) in [6, 6.07) is 14.9. The minimum Gasteiger partial charge on any atom is -0.508 e. The highest BCUT2D eigenvalue weighted by molar-refractivity contribution is 5.40. The van der Waals surface area contributed by atoms with Crippen LogP contribution in [0, 0.1) is 0 Å². The number of aromatic hydroxyl groups is 1. The summed E-state index contributed by atoms with van der Waals surface area (Å²) in [5.41, 5.74) is 4.74. The molecule has 0 radical (unpaired) electrons. The number of benzene rings is 2. The van der Waals surface area contributed by atoms with Gasteiger partial charge in [-0.3, -0.25) is 4.84 Å². The molecule has 0 spiro atoms. The number of phenols is 1. The van der Waals surface area contributed by atoms with Gasteiger partial charge in [-0.05, 0) is 30.7 Å². The quantitative estimate of drug-likeness (QED) is 0.794. The highest BCUT2D eigenvalue weighted by Gasteiger charge is 2.11. The van der Waals surface area contributed by atoms with Crippen LogP contribution in [0.3, 0.4) is 0 Å². The lowest BCUT2D eigenvalue weighted by Crippen LogP contribution is -2.19. The summed E-state index contributed by atoms with van der Waals surface area (Å²) >= 11 is 0. The summed E-state index contributed by atoms with van der Waals surface area (Å²) in [5.74, 6) is 0.920. The van der Waals surface area contributed by atoms with Crippen LogP contribution < -0.4 is 10.2 Å². The van der Waals surface area contributed by atoms with Gasteiger partial charge < -0.3 is 9.84 Å². The van der Waals surface area contributed by atoms with Crippen molar-refractivity contribution in [2.24, 2.45) is 0 Å². The fraction of sp³-hybridized carbons (Fsp3) is 0.250. The molecule has 0 aliphatic carbocycles. The molecular weight excluding hydrogens is 254 g/mol. The number of phenolic OH excluding ortho intramolecular Hbond substituents is 1. The molecule has 1 atom stereocenters. The van der Waals surface area contributed by atoms with Crippen molar-refractivity contribution in [2.75, 3.05) is 7.11 Å². The Morgan fingerprint density at radius 1 is 1.15 bits per heavy atom. The van der Waals surface area contributed by atoms with Crippen LogP contribution in [0.15, 0.2) is 48.5 Å². The Bertz CT molecular complexity index is 543. The van der Waals surface area contributed by atoms with Gasteiger partial charge in [-0.25, -0.2) is 0 Å². The number of nitrogens with one attached hydrogen (secondary N) is 1. The standard InChI is InChI=1S/C16H19NO3/c1-12(15-10-14(19-2)8-9-16(15)18)17-20-11-13-6-4-3-5-7-13/h3-10,12,17-18H,11H2,1-2H3. The normalized spacial score (nSPS) is 12.1. The molecule has 2 rings (SSSR count). The number of ether oxygens (including phenoxy) is 1. The maximum atomic E-state index is 9.87. The lowest BCUT2D eigenvalue weighted by atomic mass is 10.1. The van der Waals surface area contributed by atoms with Crippen LogP contribution in [-0.4, -0.2) is 12.2 Å². The SMILES string of the molecule is COc1ccc(O)c(C(C)NOCc2ccccc2)c1. The van der Waals surface area contributed by atoms with E-state index in [-0.39, 0.29) is 11.8 Å². The van der Waals surface area contributed by atoms with Crippen molar-refractivity contribution in [2.45, 2.75) is 19.6 Å². The Balaban J connectivity index is 1.93. The molecule has 0 saturated heterocycles. The Morgan fingerprint density at radius 3 is 2.60 bits per heavy atom. The molecule has 0 bridgehead atoms. The predicted molar refractivity (Wildman–Crippen MR) is 77.4 cm³/mol. The van der Waals surface area contributed by atoms with Crippen molar-refractivity contribution in [3.63, 3.8) is 0 Å². The average molecular weight is 273 g/mol. The van der Waals surface area contributed by atoms with E-state index in [0.717, 1.165) is 11.1 Å². The first-order valence-corrected chi connectivity index (χ1v) is 6.49. The van der Waals surface area contributed by atoms with Crippen molar-refractivity contribution in [1.29, 1.82) is 0 Å². The van der Waals surface area contributed by atoms with E-state index < -0.39 is 0 Å². The second-order valence-corrected chi connectivity index (χ2v) is 4.54. The second-order valence-electron chi connectivity index (χ2n) is 4.54. The number of hydrogen-bond donors (Lipinski definition) is 2. The molecule has 0 aromatic heterocycles. The molecule has 0 saturated carbocycles. The Hall–Kier alpha value is -2.04. The van der Waals surface area contributed by atoms with Crippen molar-refractivity contribution < 1.29 is 14.7 Å². The summed E-state index contributed by atoms with van der Waals surface area (Å²) < 4.78 is 5.15. The van der Waals surface area contributed by atoms with Crippen LogP contribution in [0.1, 0.15) is 24.1 Å². The first kappa shape index (κ1) is 14.4. The molecule has 2 N–H and O–H groups in total. The molecule has 0 amide bonds. The van der Waals surface area contributed by atoms with Crippen molar-refractivity contribution in [3.8, 4) is 11.5 Å². The minimum absolute atomic E-state index is 0.145. The summed E-state index contributed by atoms with van der Waals surface area (Å²) in [4.78, 5) is 5.46. The van der Waals surface area contributed by atoms with E-state index in [1.54, 1.807) is 25.3 Å². The highest BCUT2D eigenvalue weighted by atomic mass is 16.6. The third-order valence-corrected chi connectivity index (χ3v) is 3.04. The van der Waals surface area contributed by atoms with E-state index in [2.05, 4.69) is 5.48 Å². The number of rotatable bonds is 6. The fourth-order valence-electron chi connectivity index (χ4n) is 1.89. The minimum atomic E-state index is -0.145. The molecule has 20 heavy (non-hydrogen) atoms. The third kappa shape index (κ3) is 3.73. The van der Waals surface area contributed by atoms with Gasteiger partial charge >= 0.3 is 0 Å². The zero-order valence-corrected chi connectivity index (χ0v) is 11.7. The number of hydroxylamine groups is 1. The summed E-state index contributed by atoms with van der Waals surface area (Å²) in [5, 5.41) is 9.87. The first-order valence-electron chi connectivity index (χ1n) is 6.49. The average Bonchev–Trinajstić information content (AvgIpc) is 2.48. The van der Waals surface area contributed by atoms with Gasteiger partial charge in [0.05, 0.1) is 19.8 Å². The molecule has 0 fully saturated rings. The Kier molecular flexibility index (Phi) is 4.98. The number of methoxy groups -OCH3 is 1. The molecule has 0 aliphatic rings. The molecular formula is C16H19NO3. The maximum Gasteiger partial charge on any atom is 0.120 e. The number of hydrogen-bond acceptors (Lipinski definition) is 4. The summed E-state index contributed by atoms with van der Waals surface area (Å²) in [6.07, 6.45) is 0. The van der Waals surface area contributed by atoms with Crippen LogP contribution in [0.2, 0.25) is 0 Å². The van der Waals surface area contributed by atoms with Crippen LogP contribution in [0.4, 0.5) is 0 Å². The van der Waals surface area contributed by atoms with E-state index in [9.17, 15) is 5.11 Å². The smallest absolute Gasteiger partial charge is 0.120 e. The largest absolute Gasteiger partial charge is 0.508 e. The van der Waals surface area contributed by atoms with E-state index >= 15 is 0 Å². The van der Waals surface area contributed by atoms with Gasteiger partial charge in [-0.2, -0.15) is 5.48 Å². The summed E-state index contributed by atoms with van der Waals surface area (Å²) in [6.45, 7) is 2.38. The molecule has 4 heteroatoms. The van der Waals surface area contributed by atoms with Gasteiger partial charge in [0.2, 0.25) is 0 Å². The van der Waals surface area contributed by atoms with E-state index in [0.29, 0.717) is 12.4 Å². The van der Waals surface area contributed by atoms with Crippen LogP contribution in [-0.2, 0) is 11.4 Å². The Labute approximate surface area is 118 Å². The van der Waals surface area contributed by atoms with E-state index in [1.165, 1.54) is 0 Å². The first-order chi connectivity index (χ1) is 9.70. The topological polar surface area (TPSA) is 50.7 Å². The van der Waals surface area contributed by atoms with E-state index in [4.69, 9.17) is 9.57 Å². The lowest BCUT2D eigenvalue weighted by molar-refractivity contribution is 0.00651. The van der Waals surface area contributed by atoms with Crippen LogP contribution in [0.25, 0.3) is 0 Å². The van der Waals surface area contributed by atoms with Crippen molar-refractivity contribution >= 4 is 0 Å².